The van der Waals surface area contributed by atoms with Gasteiger partial charge in [-0.1, -0.05) is 6.07 Å². The minimum absolute atomic E-state index is 0.0851. The van der Waals surface area contributed by atoms with Crippen LogP contribution >= 0.6 is 0 Å². The summed E-state index contributed by atoms with van der Waals surface area (Å²) < 4.78 is 38.4. The summed E-state index contributed by atoms with van der Waals surface area (Å²) in [6.07, 6.45) is 1.19. The van der Waals surface area contributed by atoms with E-state index in [4.69, 9.17) is 9.47 Å². The highest BCUT2D eigenvalue weighted by atomic mass is 19.3. The largest absolute Gasteiger partial charge is 0.475 e. The van der Waals surface area contributed by atoms with Crippen molar-refractivity contribution in [2.75, 3.05) is 49.7 Å². The lowest BCUT2D eigenvalue weighted by Gasteiger charge is -2.28. The number of nitrogens with zero attached hydrogens (tertiary/aromatic N) is 3. The van der Waals surface area contributed by atoms with E-state index in [1.807, 2.05) is 25.1 Å². The number of halogens is 2. The molecule has 1 amide bonds. The number of benzene rings is 1. The summed E-state index contributed by atoms with van der Waals surface area (Å²) in [6, 6.07) is 11.6. The molecule has 0 bridgehead atoms. The van der Waals surface area contributed by atoms with Crippen LogP contribution in [0.25, 0.3) is 11.1 Å². The van der Waals surface area contributed by atoms with E-state index in [0.29, 0.717) is 37.9 Å². The van der Waals surface area contributed by atoms with Crippen molar-refractivity contribution in [2.24, 2.45) is 0 Å². The molecular formula is C26H28F2N4O4. The van der Waals surface area contributed by atoms with E-state index in [1.54, 1.807) is 12.1 Å². The first-order chi connectivity index (χ1) is 17.2. The van der Waals surface area contributed by atoms with Gasteiger partial charge in [0.15, 0.2) is 0 Å². The number of nitrogens with one attached hydrogen (secondary N) is 1. The number of aromatic nitrogens is 2. The Morgan fingerprint density at radius 2 is 1.97 bits per heavy atom. The average Bonchev–Trinajstić information content (AvgIpc) is 2.88. The first-order valence-corrected chi connectivity index (χ1v) is 11.6. The van der Waals surface area contributed by atoms with Crippen LogP contribution in [-0.2, 0) is 10.7 Å². The summed E-state index contributed by atoms with van der Waals surface area (Å²) in [7, 11) is 0. The summed E-state index contributed by atoms with van der Waals surface area (Å²) in [5, 5.41) is 12.0. The number of amides is 1. The summed E-state index contributed by atoms with van der Waals surface area (Å²) in [4.78, 5) is 23.2. The number of carbonyl (C=O) groups is 1. The molecule has 8 nitrogen and oxygen atoms in total. The Morgan fingerprint density at radius 1 is 1.19 bits per heavy atom. The van der Waals surface area contributed by atoms with Crippen LogP contribution in [0.3, 0.4) is 0 Å². The Hall–Kier alpha value is -3.63. The molecule has 1 aromatic carbocycles. The summed E-state index contributed by atoms with van der Waals surface area (Å²) in [5.41, 5.74) is 2.74. The highest BCUT2D eigenvalue weighted by molar-refractivity contribution is 6.04. The molecular weight excluding hydrogens is 470 g/mol. The van der Waals surface area contributed by atoms with Crippen molar-refractivity contribution in [1.82, 2.24) is 9.97 Å². The van der Waals surface area contributed by atoms with Crippen LogP contribution in [0, 0.1) is 6.92 Å². The second kappa shape index (κ2) is 11.0. The molecule has 3 heterocycles. The predicted molar refractivity (Wildman–Crippen MR) is 132 cm³/mol. The zero-order valence-corrected chi connectivity index (χ0v) is 20.1. The zero-order valence-electron chi connectivity index (χ0n) is 20.1. The second-order valence-electron chi connectivity index (χ2n) is 8.53. The number of hydrogen-bond acceptors (Lipinski definition) is 7. The molecule has 1 saturated heterocycles. The molecule has 2 aromatic heterocycles. The van der Waals surface area contributed by atoms with Crippen LogP contribution in [0.4, 0.5) is 20.3 Å². The number of rotatable bonds is 8. The number of morpholine rings is 1. The molecule has 0 radical (unpaired) electrons. The lowest BCUT2D eigenvalue weighted by atomic mass is 10.00. The molecule has 190 valence electrons. The van der Waals surface area contributed by atoms with Gasteiger partial charge in [-0.3, -0.25) is 9.78 Å². The van der Waals surface area contributed by atoms with E-state index in [2.05, 4.69) is 20.2 Å². The quantitative estimate of drug-likeness (QED) is 0.484. The van der Waals surface area contributed by atoms with E-state index in [0.717, 1.165) is 35.5 Å². The Balaban J connectivity index is 1.64. The molecule has 4 rings (SSSR count). The lowest BCUT2D eigenvalue weighted by molar-refractivity contribution is 0.0127. The number of ether oxygens (including phenoxy) is 2. The van der Waals surface area contributed by atoms with Crippen molar-refractivity contribution in [3.8, 4) is 17.0 Å². The third kappa shape index (κ3) is 6.13. The van der Waals surface area contributed by atoms with Gasteiger partial charge >= 0.3 is 0 Å². The van der Waals surface area contributed by atoms with Crippen molar-refractivity contribution in [3.05, 3.63) is 65.5 Å². The molecule has 1 aliphatic heterocycles. The molecule has 1 fully saturated rings. The maximum Gasteiger partial charge on any atom is 0.286 e. The molecule has 10 heteroatoms. The third-order valence-corrected chi connectivity index (χ3v) is 5.74. The van der Waals surface area contributed by atoms with E-state index in [9.17, 15) is 18.7 Å². The molecule has 36 heavy (non-hydrogen) atoms. The molecule has 2 N–H and O–H groups in total. The fourth-order valence-electron chi connectivity index (χ4n) is 3.85. The highest BCUT2D eigenvalue weighted by Gasteiger charge is 2.27. The van der Waals surface area contributed by atoms with Gasteiger partial charge in [0.05, 0.1) is 19.8 Å². The molecule has 1 aliphatic rings. The number of carbonyl (C=O) groups excluding carboxylic acids is 1. The van der Waals surface area contributed by atoms with Crippen molar-refractivity contribution < 1.29 is 28.2 Å². The van der Waals surface area contributed by atoms with Gasteiger partial charge in [0.2, 0.25) is 5.88 Å². The number of anilines is 2. The Bertz CT molecular complexity index is 1230. The van der Waals surface area contributed by atoms with Crippen molar-refractivity contribution in [1.29, 1.82) is 0 Å². The van der Waals surface area contributed by atoms with Gasteiger partial charge in [-0.05, 0) is 53.9 Å². The molecule has 0 unspecified atom stereocenters. The highest BCUT2D eigenvalue weighted by Crippen LogP contribution is 2.32. The van der Waals surface area contributed by atoms with Gasteiger partial charge in [-0.25, -0.2) is 0 Å². The number of pyridine rings is 2. The number of hydrogen-bond donors (Lipinski definition) is 2. The minimum Gasteiger partial charge on any atom is -0.475 e. The Morgan fingerprint density at radius 3 is 2.69 bits per heavy atom. The number of aryl methyl sites for hydroxylation is 1. The normalized spacial score (nSPS) is 14.0. The number of aliphatic hydroxyl groups is 1. The fourth-order valence-corrected chi connectivity index (χ4v) is 3.85. The van der Waals surface area contributed by atoms with E-state index < -0.39 is 17.5 Å². The third-order valence-electron chi connectivity index (χ3n) is 5.74. The summed E-state index contributed by atoms with van der Waals surface area (Å²) >= 11 is 0. The van der Waals surface area contributed by atoms with Crippen LogP contribution in [-0.4, -0.2) is 60.5 Å². The van der Waals surface area contributed by atoms with Crippen LogP contribution < -0.4 is 15.0 Å². The van der Waals surface area contributed by atoms with Gasteiger partial charge < -0.3 is 24.8 Å². The maximum absolute atomic E-state index is 13.7. The minimum atomic E-state index is -3.15. The smallest absolute Gasteiger partial charge is 0.286 e. The Kier molecular flexibility index (Phi) is 7.76. The zero-order chi connectivity index (χ0) is 25.7. The van der Waals surface area contributed by atoms with Crippen molar-refractivity contribution in [3.63, 3.8) is 0 Å². The van der Waals surface area contributed by atoms with E-state index >= 15 is 0 Å². The molecule has 0 spiro atoms. The van der Waals surface area contributed by atoms with Gasteiger partial charge in [0.1, 0.15) is 18.1 Å². The molecule has 0 saturated carbocycles. The second-order valence-corrected chi connectivity index (χ2v) is 8.53. The SMILES string of the molecule is Cc1ccc(NC(=O)c2ccnc(C(C)(F)F)c2)cc1-c1cc(OCCO)nc(N2CCOCC2)c1. The van der Waals surface area contributed by atoms with Crippen LogP contribution in [0.1, 0.15) is 28.5 Å². The first-order valence-electron chi connectivity index (χ1n) is 11.6. The van der Waals surface area contributed by atoms with Gasteiger partial charge in [0.25, 0.3) is 11.8 Å². The van der Waals surface area contributed by atoms with Crippen molar-refractivity contribution >= 4 is 17.4 Å². The number of aliphatic hydroxyl groups excluding tert-OH is 1. The summed E-state index contributed by atoms with van der Waals surface area (Å²) in [5.74, 6) is -2.57. The molecule has 0 atom stereocenters. The number of alkyl halides is 2. The maximum atomic E-state index is 13.7. The topological polar surface area (TPSA) is 96.8 Å². The summed E-state index contributed by atoms with van der Waals surface area (Å²) in [6.45, 7) is 5.23. The van der Waals surface area contributed by atoms with Crippen LogP contribution in [0.15, 0.2) is 48.7 Å². The molecule has 3 aromatic rings. The van der Waals surface area contributed by atoms with E-state index in [1.165, 1.54) is 12.3 Å². The lowest BCUT2D eigenvalue weighted by Crippen LogP contribution is -2.36. The first kappa shape index (κ1) is 25.5. The average molecular weight is 499 g/mol. The van der Waals surface area contributed by atoms with E-state index in [-0.39, 0.29) is 18.8 Å². The fraction of sp³-hybridized carbons (Fsp3) is 0.346. The van der Waals surface area contributed by atoms with Gasteiger partial charge in [-0.15, -0.1) is 0 Å². The van der Waals surface area contributed by atoms with Gasteiger partial charge in [-0.2, -0.15) is 13.8 Å². The standard InChI is InChI=1S/C26H28F2N4O4/c1-17-3-4-20(30-25(34)18-5-6-29-22(13-18)26(2,27)28)16-21(17)19-14-23(32-7-10-35-11-8-32)31-24(15-19)36-12-9-33/h3-6,13-16,33H,7-12H2,1-2H3,(H,30,34). The van der Waals surface area contributed by atoms with Crippen LogP contribution in [0.2, 0.25) is 0 Å². The van der Waals surface area contributed by atoms with Gasteiger partial charge in [0, 0.05) is 43.5 Å². The Labute approximate surface area is 207 Å². The monoisotopic (exact) mass is 498 g/mol. The van der Waals surface area contributed by atoms with Crippen LogP contribution in [0.5, 0.6) is 5.88 Å². The predicted octanol–water partition coefficient (Wildman–Crippen LogP) is 4.02. The molecule has 0 aliphatic carbocycles. The van der Waals surface area contributed by atoms with Crippen molar-refractivity contribution in [2.45, 2.75) is 19.8 Å².